The molecule has 15 nitrogen and oxygen atoms in total. The van der Waals surface area contributed by atoms with Gasteiger partial charge in [0.25, 0.3) is 0 Å². The molecule has 2 bridgehead atoms. The third-order valence-corrected chi connectivity index (χ3v) is 12.7. The van der Waals surface area contributed by atoms with Crippen molar-refractivity contribution >= 4 is 22.8 Å². The lowest BCUT2D eigenvalue weighted by Crippen LogP contribution is -2.59. The minimum absolute atomic E-state index is 0.0637. The highest BCUT2D eigenvalue weighted by Crippen LogP contribution is 2.50. The van der Waals surface area contributed by atoms with Crippen LogP contribution in [-0.4, -0.2) is 158 Å². The Hall–Kier alpha value is -2.83. The molecular formula is C42H65N3O12. The number of hydrogen-bond acceptors (Lipinski definition) is 15. The van der Waals surface area contributed by atoms with Gasteiger partial charge >= 0.3 is 11.9 Å². The van der Waals surface area contributed by atoms with E-state index in [-0.39, 0.29) is 37.2 Å². The van der Waals surface area contributed by atoms with Crippen molar-refractivity contribution in [1.29, 1.82) is 0 Å². The van der Waals surface area contributed by atoms with E-state index in [1.807, 2.05) is 57.0 Å². The number of pyridine rings is 1. The van der Waals surface area contributed by atoms with Crippen LogP contribution >= 0.6 is 0 Å². The van der Waals surface area contributed by atoms with E-state index in [9.17, 15) is 35.1 Å². The summed E-state index contributed by atoms with van der Waals surface area (Å²) in [6, 6.07) is 8.05. The molecule has 4 heterocycles. The smallest absolute Gasteiger partial charge is 0.339 e. The van der Waals surface area contributed by atoms with E-state index in [0.717, 1.165) is 10.9 Å². The summed E-state index contributed by atoms with van der Waals surface area (Å²) in [6.07, 6.45) is -4.63. The van der Waals surface area contributed by atoms with Gasteiger partial charge in [-0.3, -0.25) is 14.7 Å². The molecule has 0 saturated carbocycles. The lowest BCUT2D eigenvalue weighted by molar-refractivity contribution is -0.287. The van der Waals surface area contributed by atoms with Gasteiger partial charge in [0.15, 0.2) is 12.1 Å². The van der Waals surface area contributed by atoms with E-state index in [1.165, 1.54) is 20.0 Å². The fraction of sp³-hybridized carbons (Fsp3) is 0.738. The Morgan fingerprint density at radius 2 is 1.81 bits per heavy atom. The zero-order valence-electron chi connectivity index (χ0n) is 35.1. The van der Waals surface area contributed by atoms with Gasteiger partial charge in [0.05, 0.1) is 28.9 Å². The standard InChI is InChI=1S/C42H65N3O12/c1-11-33-41(8,51)35(48)27(6)44(9)20-23(2)18-40(7)36(25(4)42(52,57-40)26(5)37(49)55-33)56-39-34(47)32(16-24(3)54-39)45(10)21-30(46)22-53-38(50)29-17-28-14-12-13-15-31(28)43-19-29/h12-15,17,19,23-27,30,32-36,39,46-48,51-52H,11,16,18,20-22H2,1-10H3/t23-,24-,25-,26+,27-,30?,32?,33-,34?,35-,36-,39+,40?,41-,42?/m1/s1. The Morgan fingerprint density at radius 3 is 2.49 bits per heavy atom. The zero-order valence-corrected chi connectivity index (χ0v) is 35.1. The number of hydrogen-bond donors (Lipinski definition) is 5. The Morgan fingerprint density at radius 1 is 1.12 bits per heavy atom. The minimum atomic E-state index is -2.08. The van der Waals surface area contributed by atoms with Crippen molar-refractivity contribution in [3.05, 3.63) is 42.1 Å². The number of likely N-dealkylation sites (N-methyl/N-ethyl adjacent to an activating group) is 2. The van der Waals surface area contributed by atoms with E-state index in [1.54, 1.807) is 38.8 Å². The van der Waals surface area contributed by atoms with Gasteiger partial charge in [0.2, 0.25) is 0 Å². The molecule has 5 unspecified atom stereocenters. The van der Waals surface area contributed by atoms with Gasteiger partial charge in [0.1, 0.15) is 42.5 Å². The first-order chi connectivity index (χ1) is 26.6. The van der Waals surface area contributed by atoms with Crippen LogP contribution < -0.4 is 0 Å². The third kappa shape index (κ3) is 9.48. The van der Waals surface area contributed by atoms with Crippen LogP contribution in [0.2, 0.25) is 0 Å². The number of esters is 2. The minimum Gasteiger partial charge on any atom is -0.459 e. The summed E-state index contributed by atoms with van der Waals surface area (Å²) in [5.41, 5.74) is -1.96. The summed E-state index contributed by atoms with van der Waals surface area (Å²) >= 11 is 0. The number of nitrogens with zero attached hydrogens (tertiary/aromatic N) is 3. The van der Waals surface area contributed by atoms with Crippen molar-refractivity contribution in [3.63, 3.8) is 0 Å². The summed E-state index contributed by atoms with van der Waals surface area (Å²) in [7, 11) is 3.60. The molecule has 0 radical (unpaired) electrons. The highest BCUT2D eigenvalue weighted by molar-refractivity contribution is 5.93. The van der Waals surface area contributed by atoms with Crippen LogP contribution in [0, 0.1) is 17.8 Å². The number of fused-ring (bicyclic) bond motifs is 3. The molecule has 2 aromatic rings. The maximum Gasteiger partial charge on any atom is 0.339 e. The SMILES string of the molecule is CC[C@H]1OC(=O)[C@H](C)C2(O)OC(C)(C[C@@H](C)CN(C)[C@H](C)[C@@H](O)[C@]1(C)O)[C@H](O[C@@H]1O[C@H](C)CC(N(C)CC(O)COC(=O)c3cnc4ccccc4c3)C1O)[C@H]2C. The normalized spacial score (nSPS) is 40.4. The van der Waals surface area contributed by atoms with Crippen molar-refractivity contribution in [2.75, 3.05) is 33.8 Å². The zero-order chi connectivity index (χ0) is 42.2. The molecule has 1 aromatic heterocycles. The molecule has 57 heavy (non-hydrogen) atoms. The number of ether oxygens (including phenoxy) is 5. The summed E-state index contributed by atoms with van der Waals surface area (Å²) < 4.78 is 30.7. The van der Waals surface area contributed by atoms with Crippen LogP contribution in [0.1, 0.15) is 85.0 Å². The van der Waals surface area contributed by atoms with Crippen molar-refractivity contribution in [3.8, 4) is 0 Å². The Balaban J connectivity index is 1.31. The summed E-state index contributed by atoms with van der Waals surface area (Å²) in [6.45, 7) is 14.2. The summed E-state index contributed by atoms with van der Waals surface area (Å²) in [5.74, 6) is -5.64. The molecule has 5 rings (SSSR count). The van der Waals surface area contributed by atoms with Crippen molar-refractivity contribution in [2.45, 2.75) is 147 Å². The predicted molar refractivity (Wildman–Crippen MR) is 210 cm³/mol. The number of rotatable bonds is 9. The van der Waals surface area contributed by atoms with Crippen LogP contribution in [0.3, 0.4) is 0 Å². The first-order valence-corrected chi connectivity index (χ1v) is 20.3. The molecule has 0 aliphatic carbocycles. The predicted octanol–water partition coefficient (Wildman–Crippen LogP) is 2.48. The largest absolute Gasteiger partial charge is 0.459 e. The van der Waals surface area contributed by atoms with Gasteiger partial charge in [-0.1, -0.05) is 39.0 Å². The lowest BCUT2D eigenvalue weighted by Gasteiger charge is -2.45. The monoisotopic (exact) mass is 803 g/mol. The van der Waals surface area contributed by atoms with Gasteiger partial charge in [0, 0.05) is 42.7 Å². The molecule has 320 valence electrons. The molecule has 5 N–H and O–H groups in total. The summed E-state index contributed by atoms with van der Waals surface area (Å²) in [5, 5.41) is 58.7. The highest BCUT2D eigenvalue weighted by Gasteiger charge is 2.64. The maximum atomic E-state index is 13.8. The maximum absolute atomic E-state index is 13.8. The van der Waals surface area contributed by atoms with Crippen molar-refractivity contribution < 1.29 is 58.8 Å². The molecule has 3 aliphatic rings. The molecule has 15 heteroatoms. The van der Waals surface area contributed by atoms with Crippen molar-refractivity contribution in [2.24, 2.45) is 17.8 Å². The molecule has 0 amide bonds. The van der Waals surface area contributed by atoms with Gasteiger partial charge < -0.3 is 54.1 Å². The lowest BCUT2D eigenvalue weighted by atomic mass is 9.80. The first-order valence-electron chi connectivity index (χ1n) is 20.3. The van der Waals surface area contributed by atoms with E-state index >= 15 is 0 Å². The third-order valence-electron chi connectivity index (χ3n) is 12.7. The van der Waals surface area contributed by atoms with E-state index in [2.05, 4.69) is 4.98 Å². The number of cyclic esters (lactones) is 1. The molecule has 15 atom stereocenters. The van der Waals surface area contributed by atoms with Crippen LogP contribution in [-0.2, 0) is 28.5 Å². The van der Waals surface area contributed by atoms with Crippen LogP contribution in [0.15, 0.2) is 36.5 Å². The molecular weight excluding hydrogens is 738 g/mol. The van der Waals surface area contributed by atoms with Gasteiger partial charge in [-0.15, -0.1) is 0 Å². The number of carbonyl (C=O) groups excluding carboxylic acids is 2. The number of benzene rings is 1. The molecule has 3 saturated heterocycles. The second kappa shape index (κ2) is 17.8. The second-order valence-corrected chi connectivity index (χ2v) is 17.4. The summed E-state index contributed by atoms with van der Waals surface area (Å²) in [4.78, 5) is 34.6. The van der Waals surface area contributed by atoms with Crippen LogP contribution in [0.5, 0.6) is 0 Å². The fourth-order valence-corrected chi connectivity index (χ4v) is 9.22. The second-order valence-electron chi connectivity index (χ2n) is 17.4. The Bertz CT molecular complexity index is 1700. The topological polar surface area (TPSA) is 201 Å². The van der Waals surface area contributed by atoms with E-state index in [4.69, 9.17) is 23.7 Å². The quantitative estimate of drug-likeness (QED) is 0.232. The highest BCUT2D eigenvalue weighted by atomic mass is 16.7. The first kappa shape index (κ1) is 45.3. The fourth-order valence-electron chi connectivity index (χ4n) is 9.22. The average molecular weight is 804 g/mol. The molecule has 3 aliphatic heterocycles. The number of aliphatic hydroxyl groups is 5. The van der Waals surface area contributed by atoms with Gasteiger partial charge in [-0.25, -0.2) is 4.79 Å². The average Bonchev–Trinajstić information content (AvgIpc) is 3.35. The van der Waals surface area contributed by atoms with Crippen LogP contribution in [0.4, 0.5) is 0 Å². The number of aromatic nitrogens is 1. The molecule has 1 aromatic carbocycles. The van der Waals surface area contributed by atoms with E-state index in [0.29, 0.717) is 19.4 Å². The number of aliphatic hydroxyl groups excluding tert-OH is 3. The number of para-hydroxylation sites is 1. The van der Waals surface area contributed by atoms with Crippen molar-refractivity contribution in [1.82, 2.24) is 14.8 Å². The Labute approximate surface area is 336 Å². The van der Waals surface area contributed by atoms with E-state index < -0.39 is 89.7 Å². The van der Waals surface area contributed by atoms with Gasteiger partial charge in [-0.2, -0.15) is 0 Å². The van der Waals surface area contributed by atoms with Crippen LogP contribution in [0.25, 0.3) is 10.9 Å². The number of carbonyl (C=O) groups is 2. The molecule has 3 fully saturated rings. The van der Waals surface area contributed by atoms with Gasteiger partial charge in [-0.05, 0) is 86.0 Å². The Kier molecular flexibility index (Phi) is 14.1. The molecule has 0 spiro atoms.